The Kier molecular flexibility index (Phi) is 4.02. The van der Waals surface area contributed by atoms with Crippen LogP contribution in [0.5, 0.6) is 0 Å². The number of nitrogens with zero attached hydrogens (tertiary/aromatic N) is 1. The number of hydrogen-bond donors (Lipinski definition) is 0. The summed E-state index contributed by atoms with van der Waals surface area (Å²) >= 11 is 2.01. The number of fused-ring (bicyclic) bond motifs is 1. The molecule has 2 heteroatoms. The maximum Gasteiger partial charge on any atom is 0.205 e. The van der Waals surface area contributed by atoms with Gasteiger partial charge < -0.3 is 0 Å². The molecule has 2 aromatic rings. The van der Waals surface area contributed by atoms with Crippen LogP contribution in [0.3, 0.4) is 0 Å². The van der Waals surface area contributed by atoms with E-state index in [4.69, 9.17) is 0 Å². The third-order valence-electron chi connectivity index (χ3n) is 5.38. The predicted molar refractivity (Wildman–Crippen MR) is 99.1 cm³/mol. The first-order chi connectivity index (χ1) is 11.3. The molecule has 0 saturated heterocycles. The van der Waals surface area contributed by atoms with Crippen LogP contribution in [0.1, 0.15) is 50.2 Å². The van der Waals surface area contributed by atoms with E-state index in [1.165, 1.54) is 48.3 Å². The van der Waals surface area contributed by atoms with E-state index in [-0.39, 0.29) is 0 Å². The standard InChI is InChI=1S/C21H24NS/c1-21(13-6-3-7-14-21)19-12-8-9-17-15-22(16-23-20(17)19)18-10-4-2-5-11-18/h2,4-5,8-12,15H,3,6-7,13-14,16H2,1H3/q+1. The van der Waals surface area contributed by atoms with Crippen molar-refractivity contribution in [3.8, 4) is 0 Å². The summed E-state index contributed by atoms with van der Waals surface area (Å²) in [6.07, 6.45) is 9.18. The van der Waals surface area contributed by atoms with Gasteiger partial charge in [0, 0.05) is 17.0 Å². The van der Waals surface area contributed by atoms with Gasteiger partial charge in [-0.15, -0.1) is 0 Å². The maximum atomic E-state index is 2.48. The third kappa shape index (κ3) is 2.85. The highest BCUT2D eigenvalue weighted by molar-refractivity contribution is 7.99. The molecule has 2 aromatic carbocycles. The first-order valence-corrected chi connectivity index (χ1v) is 9.68. The zero-order valence-electron chi connectivity index (χ0n) is 13.8. The minimum Gasteiger partial charge on any atom is -0.188 e. The Morgan fingerprint density at radius 3 is 2.48 bits per heavy atom. The van der Waals surface area contributed by atoms with E-state index in [0.717, 1.165) is 5.88 Å². The van der Waals surface area contributed by atoms with Crippen LogP contribution in [0, 0.1) is 0 Å². The Labute approximate surface area is 143 Å². The van der Waals surface area contributed by atoms with Gasteiger partial charge in [-0.25, -0.2) is 0 Å². The number of hydrogen-bond acceptors (Lipinski definition) is 1. The van der Waals surface area contributed by atoms with Gasteiger partial charge in [0.2, 0.25) is 5.69 Å². The molecule has 1 aliphatic carbocycles. The molecule has 23 heavy (non-hydrogen) atoms. The molecule has 2 aliphatic rings. The van der Waals surface area contributed by atoms with Crippen molar-refractivity contribution in [1.82, 2.24) is 0 Å². The van der Waals surface area contributed by atoms with E-state index < -0.39 is 0 Å². The van der Waals surface area contributed by atoms with Crippen molar-refractivity contribution < 1.29 is 4.58 Å². The van der Waals surface area contributed by atoms with Gasteiger partial charge in [0.1, 0.15) is 0 Å². The lowest BCUT2D eigenvalue weighted by atomic mass is 9.71. The molecule has 0 atom stereocenters. The van der Waals surface area contributed by atoms with Crippen molar-refractivity contribution in [3.05, 3.63) is 59.7 Å². The van der Waals surface area contributed by atoms with E-state index in [2.05, 4.69) is 66.2 Å². The second-order valence-corrected chi connectivity index (χ2v) is 8.01. The summed E-state index contributed by atoms with van der Waals surface area (Å²) in [7, 11) is 0. The Morgan fingerprint density at radius 2 is 1.70 bits per heavy atom. The fourth-order valence-electron chi connectivity index (χ4n) is 4.00. The Morgan fingerprint density at radius 1 is 0.913 bits per heavy atom. The van der Waals surface area contributed by atoms with Gasteiger partial charge in [0.15, 0.2) is 12.1 Å². The van der Waals surface area contributed by atoms with Gasteiger partial charge >= 0.3 is 0 Å². The van der Waals surface area contributed by atoms with E-state index in [9.17, 15) is 0 Å². The van der Waals surface area contributed by atoms with Gasteiger partial charge in [0.25, 0.3) is 0 Å². The average Bonchev–Trinajstić information content (AvgIpc) is 2.62. The summed E-state index contributed by atoms with van der Waals surface area (Å²) in [5, 5.41) is 0. The van der Waals surface area contributed by atoms with Crippen molar-refractivity contribution in [2.24, 2.45) is 0 Å². The number of para-hydroxylation sites is 1. The first-order valence-electron chi connectivity index (χ1n) is 8.69. The molecule has 1 aliphatic heterocycles. The third-order valence-corrected chi connectivity index (χ3v) is 6.54. The Balaban J connectivity index is 1.74. The van der Waals surface area contributed by atoms with Gasteiger partial charge in [-0.05, 0) is 29.9 Å². The molecule has 0 aromatic heterocycles. The normalized spacial score (nSPS) is 19.8. The summed E-state index contributed by atoms with van der Waals surface area (Å²) in [6, 6.07) is 17.6. The molecule has 0 spiro atoms. The summed E-state index contributed by atoms with van der Waals surface area (Å²) in [5.41, 5.74) is 4.62. The Hall–Kier alpha value is -1.54. The molecule has 1 heterocycles. The topological polar surface area (TPSA) is 3.01 Å². The molecule has 0 N–H and O–H groups in total. The van der Waals surface area contributed by atoms with Crippen LogP contribution in [-0.2, 0) is 5.41 Å². The SMILES string of the molecule is CC1(c2cccc3c2SC[N+](c2ccccc2)=C3)CCCCC1. The first kappa shape index (κ1) is 15.0. The summed E-state index contributed by atoms with van der Waals surface area (Å²) in [4.78, 5) is 1.52. The van der Waals surface area contributed by atoms with Crippen LogP contribution in [0.25, 0.3) is 0 Å². The second kappa shape index (κ2) is 6.16. The minimum absolute atomic E-state index is 0.374. The van der Waals surface area contributed by atoms with Crippen LogP contribution in [0.4, 0.5) is 5.69 Å². The van der Waals surface area contributed by atoms with Crippen LogP contribution in [-0.4, -0.2) is 16.7 Å². The lowest BCUT2D eigenvalue weighted by molar-refractivity contribution is -0.411. The lowest BCUT2D eigenvalue weighted by Gasteiger charge is -2.36. The summed E-state index contributed by atoms with van der Waals surface area (Å²) in [6.45, 7) is 2.48. The highest BCUT2D eigenvalue weighted by Gasteiger charge is 2.33. The smallest absolute Gasteiger partial charge is 0.188 e. The van der Waals surface area contributed by atoms with E-state index in [0.29, 0.717) is 5.41 Å². The molecule has 0 radical (unpaired) electrons. The molecular weight excluding hydrogens is 298 g/mol. The van der Waals surface area contributed by atoms with Gasteiger partial charge in [-0.2, -0.15) is 4.58 Å². The van der Waals surface area contributed by atoms with Crippen molar-refractivity contribution in [1.29, 1.82) is 0 Å². The molecule has 1 fully saturated rings. The van der Waals surface area contributed by atoms with Crippen LogP contribution < -0.4 is 0 Å². The maximum absolute atomic E-state index is 2.48. The molecule has 1 nitrogen and oxygen atoms in total. The van der Waals surface area contributed by atoms with Crippen molar-refractivity contribution in [2.45, 2.75) is 49.3 Å². The molecule has 1 saturated carbocycles. The molecule has 0 unspecified atom stereocenters. The lowest BCUT2D eigenvalue weighted by Crippen LogP contribution is -2.27. The summed E-state index contributed by atoms with van der Waals surface area (Å²) in [5.74, 6) is 1.00. The predicted octanol–water partition coefficient (Wildman–Crippen LogP) is 5.73. The largest absolute Gasteiger partial charge is 0.205 e. The quantitative estimate of drug-likeness (QED) is 0.638. The van der Waals surface area contributed by atoms with Crippen molar-refractivity contribution in [2.75, 3.05) is 5.88 Å². The molecule has 0 amide bonds. The van der Waals surface area contributed by atoms with Gasteiger partial charge in [0.05, 0.1) is 5.56 Å². The van der Waals surface area contributed by atoms with Crippen molar-refractivity contribution in [3.63, 3.8) is 0 Å². The Bertz CT molecular complexity index is 727. The molecule has 118 valence electrons. The summed E-state index contributed by atoms with van der Waals surface area (Å²) < 4.78 is 2.36. The van der Waals surface area contributed by atoms with Gasteiger partial charge in [-0.3, -0.25) is 0 Å². The van der Waals surface area contributed by atoms with E-state index in [1.807, 2.05) is 11.8 Å². The van der Waals surface area contributed by atoms with Gasteiger partial charge in [-0.1, -0.05) is 68.3 Å². The fraction of sp³-hybridized carbons (Fsp3) is 0.381. The number of thioether (sulfide) groups is 1. The molecule has 0 bridgehead atoms. The van der Waals surface area contributed by atoms with E-state index >= 15 is 0 Å². The minimum atomic E-state index is 0.374. The zero-order valence-corrected chi connectivity index (χ0v) is 14.6. The highest BCUT2D eigenvalue weighted by atomic mass is 32.2. The van der Waals surface area contributed by atoms with Crippen LogP contribution in [0.15, 0.2) is 53.4 Å². The average molecular weight is 322 g/mol. The monoisotopic (exact) mass is 322 g/mol. The van der Waals surface area contributed by atoms with Crippen LogP contribution in [0.2, 0.25) is 0 Å². The molecule has 4 rings (SSSR count). The zero-order chi connectivity index (χ0) is 15.7. The number of rotatable bonds is 2. The van der Waals surface area contributed by atoms with Crippen LogP contribution >= 0.6 is 11.8 Å². The number of benzene rings is 2. The van der Waals surface area contributed by atoms with Crippen molar-refractivity contribution >= 4 is 23.7 Å². The second-order valence-electron chi connectivity index (χ2n) is 7.05. The fourth-order valence-corrected chi connectivity index (χ4v) is 5.25. The highest BCUT2D eigenvalue weighted by Crippen LogP contribution is 2.44. The van der Waals surface area contributed by atoms with E-state index in [1.54, 1.807) is 5.56 Å². The molecular formula is C21H24NS+.